The van der Waals surface area contributed by atoms with Crippen LogP contribution < -0.4 is 5.32 Å². The molecule has 3 heteroatoms. The maximum Gasteiger partial charge on any atom is 0.105 e. The van der Waals surface area contributed by atoms with Gasteiger partial charge in [0.1, 0.15) is 5.76 Å². The van der Waals surface area contributed by atoms with E-state index in [0.717, 1.165) is 30.3 Å². The van der Waals surface area contributed by atoms with Crippen LogP contribution >= 0.6 is 11.6 Å². The Kier molecular flexibility index (Phi) is 4.03. The van der Waals surface area contributed by atoms with E-state index < -0.39 is 0 Å². The molecule has 0 spiro atoms. The summed E-state index contributed by atoms with van der Waals surface area (Å²) in [5, 5.41) is 4.13. The maximum atomic E-state index is 5.81. The molecule has 0 unspecified atom stereocenters. The van der Waals surface area contributed by atoms with Gasteiger partial charge in [-0.05, 0) is 29.8 Å². The summed E-state index contributed by atoms with van der Waals surface area (Å²) in [5.41, 5.74) is 1.24. The third-order valence-corrected chi connectivity index (χ3v) is 2.62. The predicted octanol–water partition coefficient (Wildman–Crippen LogP) is 3.27. The molecule has 0 saturated carbocycles. The monoisotopic (exact) mass is 235 g/mol. The minimum atomic E-state index is 0.777. The Morgan fingerprint density at radius 1 is 1.12 bits per heavy atom. The van der Waals surface area contributed by atoms with E-state index in [9.17, 15) is 0 Å². The third kappa shape index (κ3) is 3.40. The van der Waals surface area contributed by atoms with Crippen LogP contribution in [0, 0.1) is 0 Å². The van der Waals surface area contributed by atoms with Gasteiger partial charge in [0.15, 0.2) is 0 Å². The van der Waals surface area contributed by atoms with Gasteiger partial charge in [0.2, 0.25) is 0 Å². The lowest BCUT2D eigenvalue weighted by molar-refractivity contribution is 0.499. The SMILES string of the molecule is Clc1ccc(CNCCc2ccco2)cc1. The van der Waals surface area contributed by atoms with Crippen molar-refractivity contribution in [3.05, 3.63) is 59.0 Å². The van der Waals surface area contributed by atoms with Crippen LogP contribution in [0.4, 0.5) is 0 Å². The fourth-order valence-electron chi connectivity index (χ4n) is 1.50. The van der Waals surface area contributed by atoms with Crippen molar-refractivity contribution in [1.29, 1.82) is 0 Å². The Morgan fingerprint density at radius 3 is 2.62 bits per heavy atom. The summed E-state index contributed by atoms with van der Waals surface area (Å²) in [6.07, 6.45) is 2.62. The van der Waals surface area contributed by atoms with Crippen LogP contribution in [0.5, 0.6) is 0 Å². The van der Waals surface area contributed by atoms with Gasteiger partial charge in [-0.3, -0.25) is 0 Å². The molecule has 0 aliphatic heterocycles. The number of rotatable bonds is 5. The van der Waals surface area contributed by atoms with E-state index in [1.807, 2.05) is 36.4 Å². The molecule has 0 amide bonds. The number of furan rings is 1. The van der Waals surface area contributed by atoms with Crippen molar-refractivity contribution < 1.29 is 4.42 Å². The van der Waals surface area contributed by atoms with Gasteiger partial charge < -0.3 is 9.73 Å². The molecule has 2 rings (SSSR count). The summed E-state index contributed by atoms with van der Waals surface area (Å²) < 4.78 is 5.24. The highest BCUT2D eigenvalue weighted by atomic mass is 35.5. The number of halogens is 1. The van der Waals surface area contributed by atoms with Crippen LogP contribution in [-0.4, -0.2) is 6.54 Å². The summed E-state index contributed by atoms with van der Waals surface area (Å²) in [6, 6.07) is 11.8. The van der Waals surface area contributed by atoms with Gasteiger partial charge in [-0.1, -0.05) is 23.7 Å². The van der Waals surface area contributed by atoms with Gasteiger partial charge in [0.25, 0.3) is 0 Å². The Bertz CT molecular complexity index is 408. The lowest BCUT2D eigenvalue weighted by atomic mass is 10.2. The second-order valence-corrected chi connectivity index (χ2v) is 4.07. The van der Waals surface area contributed by atoms with Crippen LogP contribution in [0.25, 0.3) is 0 Å². The van der Waals surface area contributed by atoms with Crippen LogP contribution in [0.1, 0.15) is 11.3 Å². The molecule has 1 aromatic carbocycles. The molecule has 0 aliphatic rings. The summed E-state index contributed by atoms with van der Waals surface area (Å²) in [6.45, 7) is 1.77. The predicted molar refractivity (Wildman–Crippen MR) is 65.6 cm³/mol. The quantitative estimate of drug-likeness (QED) is 0.805. The lowest BCUT2D eigenvalue weighted by Gasteiger charge is -2.03. The molecule has 1 N–H and O–H groups in total. The number of hydrogen-bond acceptors (Lipinski definition) is 2. The van der Waals surface area contributed by atoms with Crippen molar-refractivity contribution in [2.45, 2.75) is 13.0 Å². The molecular weight excluding hydrogens is 222 g/mol. The molecular formula is C13H14ClNO. The van der Waals surface area contributed by atoms with Crippen LogP contribution in [0.2, 0.25) is 5.02 Å². The zero-order valence-electron chi connectivity index (χ0n) is 8.95. The second-order valence-electron chi connectivity index (χ2n) is 3.63. The van der Waals surface area contributed by atoms with E-state index in [2.05, 4.69) is 5.32 Å². The normalized spacial score (nSPS) is 10.6. The molecule has 84 valence electrons. The first-order valence-electron chi connectivity index (χ1n) is 5.32. The first kappa shape index (κ1) is 11.2. The highest BCUT2D eigenvalue weighted by Crippen LogP contribution is 2.09. The number of nitrogens with one attached hydrogen (secondary N) is 1. The van der Waals surface area contributed by atoms with E-state index in [0.29, 0.717) is 0 Å². The Hall–Kier alpha value is -1.25. The Morgan fingerprint density at radius 2 is 1.94 bits per heavy atom. The zero-order valence-corrected chi connectivity index (χ0v) is 9.70. The van der Waals surface area contributed by atoms with Gasteiger partial charge in [0, 0.05) is 24.5 Å². The van der Waals surface area contributed by atoms with Crippen molar-refractivity contribution in [3.8, 4) is 0 Å². The highest BCUT2D eigenvalue weighted by Gasteiger charge is 1.96. The molecule has 0 aliphatic carbocycles. The van der Waals surface area contributed by atoms with E-state index in [1.165, 1.54) is 5.56 Å². The average molecular weight is 236 g/mol. The molecule has 1 heterocycles. The van der Waals surface area contributed by atoms with Crippen molar-refractivity contribution in [1.82, 2.24) is 5.32 Å². The highest BCUT2D eigenvalue weighted by molar-refractivity contribution is 6.30. The average Bonchev–Trinajstić information content (AvgIpc) is 2.80. The number of benzene rings is 1. The zero-order chi connectivity index (χ0) is 11.2. The smallest absolute Gasteiger partial charge is 0.105 e. The lowest BCUT2D eigenvalue weighted by Crippen LogP contribution is -2.16. The van der Waals surface area contributed by atoms with Crippen molar-refractivity contribution in [2.24, 2.45) is 0 Å². The van der Waals surface area contributed by atoms with Crippen LogP contribution in [0.15, 0.2) is 47.1 Å². The largest absolute Gasteiger partial charge is 0.469 e. The summed E-state index contributed by atoms with van der Waals surface area (Å²) in [7, 11) is 0. The molecule has 0 atom stereocenters. The topological polar surface area (TPSA) is 25.2 Å². The van der Waals surface area contributed by atoms with Gasteiger partial charge in [-0.15, -0.1) is 0 Å². The van der Waals surface area contributed by atoms with Crippen LogP contribution in [0.3, 0.4) is 0 Å². The fraction of sp³-hybridized carbons (Fsp3) is 0.231. The summed E-state index contributed by atoms with van der Waals surface area (Å²) in [5.74, 6) is 1.02. The van der Waals surface area contributed by atoms with Crippen molar-refractivity contribution >= 4 is 11.6 Å². The molecule has 0 fully saturated rings. The van der Waals surface area contributed by atoms with E-state index in [-0.39, 0.29) is 0 Å². The molecule has 0 radical (unpaired) electrons. The second kappa shape index (κ2) is 5.73. The first-order valence-corrected chi connectivity index (χ1v) is 5.70. The summed E-state index contributed by atoms with van der Waals surface area (Å²) >= 11 is 5.81. The molecule has 16 heavy (non-hydrogen) atoms. The molecule has 2 nitrogen and oxygen atoms in total. The van der Waals surface area contributed by atoms with Gasteiger partial charge >= 0.3 is 0 Å². The minimum absolute atomic E-state index is 0.777. The molecule has 0 saturated heterocycles. The van der Waals surface area contributed by atoms with E-state index >= 15 is 0 Å². The maximum absolute atomic E-state index is 5.81. The summed E-state index contributed by atoms with van der Waals surface area (Å²) in [4.78, 5) is 0. The van der Waals surface area contributed by atoms with E-state index in [1.54, 1.807) is 6.26 Å². The van der Waals surface area contributed by atoms with Gasteiger partial charge in [-0.25, -0.2) is 0 Å². The Balaban J connectivity index is 1.70. The van der Waals surface area contributed by atoms with Crippen LogP contribution in [-0.2, 0) is 13.0 Å². The van der Waals surface area contributed by atoms with Gasteiger partial charge in [0.05, 0.1) is 6.26 Å². The minimum Gasteiger partial charge on any atom is -0.469 e. The van der Waals surface area contributed by atoms with Crippen molar-refractivity contribution in [3.63, 3.8) is 0 Å². The number of hydrogen-bond donors (Lipinski definition) is 1. The molecule has 2 aromatic rings. The molecule has 1 aromatic heterocycles. The first-order chi connectivity index (χ1) is 7.84. The fourth-order valence-corrected chi connectivity index (χ4v) is 1.63. The van der Waals surface area contributed by atoms with Gasteiger partial charge in [-0.2, -0.15) is 0 Å². The standard InChI is InChI=1S/C13H14ClNO/c14-12-5-3-11(4-6-12)10-15-8-7-13-2-1-9-16-13/h1-6,9,15H,7-8,10H2. The Labute approximate surface area is 100 Å². The van der Waals surface area contributed by atoms with Crippen molar-refractivity contribution in [2.75, 3.05) is 6.54 Å². The third-order valence-electron chi connectivity index (χ3n) is 2.37. The van der Waals surface area contributed by atoms with E-state index in [4.69, 9.17) is 16.0 Å². The molecule has 0 bridgehead atoms.